The van der Waals surface area contributed by atoms with E-state index in [0.29, 0.717) is 5.56 Å². The SMILES string of the molecule is COc1ccc(Br)cc1C1SCCN1C(=O)c1ccc(-c2ccccc2)cc1. The van der Waals surface area contributed by atoms with Gasteiger partial charge in [0.15, 0.2) is 0 Å². The van der Waals surface area contributed by atoms with Crippen molar-refractivity contribution in [2.24, 2.45) is 0 Å². The van der Waals surface area contributed by atoms with Crippen LogP contribution in [0.25, 0.3) is 11.1 Å². The van der Waals surface area contributed by atoms with Gasteiger partial charge in [-0.25, -0.2) is 0 Å². The van der Waals surface area contributed by atoms with Gasteiger partial charge in [-0.05, 0) is 41.5 Å². The van der Waals surface area contributed by atoms with Crippen molar-refractivity contribution in [1.29, 1.82) is 0 Å². The molecule has 0 bridgehead atoms. The molecule has 3 aromatic rings. The number of amides is 1. The minimum atomic E-state index is -0.0475. The summed E-state index contributed by atoms with van der Waals surface area (Å²) >= 11 is 5.31. The van der Waals surface area contributed by atoms with Gasteiger partial charge in [-0.1, -0.05) is 58.4 Å². The van der Waals surface area contributed by atoms with Gasteiger partial charge >= 0.3 is 0 Å². The van der Waals surface area contributed by atoms with Gasteiger partial charge in [0.1, 0.15) is 11.1 Å². The minimum absolute atomic E-state index is 0.0475. The van der Waals surface area contributed by atoms with Gasteiger partial charge in [-0.2, -0.15) is 0 Å². The largest absolute Gasteiger partial charge is 0.496 e. The number of thioether (sulfide) groups is 1. The molecule has 3 aromatic carbocycles. The van der Waals surface area contributed by atoms with Crippen molar-refractivity contribution >= 4 is 33.6 Å². The van der Waals surface area contributed by atoms with Crippen molar-refractivity contribution in [3.8, 4) is 16.9 Å². The number of methoxy groups -OCH3 is 1. The molecule has 0 saturated carbocycles. The predicted molar refractivity (Wildman–Crippen MR) is 119 cm³/mol. The van der Waals surface area contributed by atoms with Crippen LogP contribution in [-0.2, 0) is 0 Å². The maximum Gasteiger partial charge on any atom is 0.255 e. The van der Waals surface area contributed by atoms with E-state index in [-0.39, 0.29) is 11.3 Å². The number of hydrogen-bond acceptors (Lipinski definition) is 3. The lowest BCUT2D eigenvalue weighted by Gasteiger charge is -2.25. The second-order valence-electron chi connectivity index (χ2n) is 6.55. The first-order valence-electron chi connectivity index (χ1n) is 9.09. The van der Waals surface area contributed by atoms with Crippen LogP contribution in [0.4, 0.5) is 0 Å². The van der Waals surface area contributed by atoms with Crippen LogP contribution in [0.15, 0.2) is 77.3 Å². The summed E-state index contributed by atoms with van der Waals surface area (Å²) in [6.07, 6.45) is 0. The van der Waals surface area contributed by atoms with E-state index in [9.17, 15) is 4.79 Å². The molecule has 0 aromatic heterocycles. The number of hydrogen-bond donors (Lipinski definition) is 0. The van der Waals surface area contributed by atoms with E-state index in [1.807, 2.05) is 65.6 Å². The molecule has 1 fully saturated rings. The highest BCUT2D eigenvalue weighted by molar-refractivity contribution is 9.10. The summed E-state index contributed by atoms with van der Waals surface area (Å²) in [5, 5.41) is -0.0475. The number of ether oxygens (including phenoxy) is 1. The number of carbonyl (C=O) groups is 1. The third-order valence-corrected chi connectivity index (χ3v) is 6.58. The van der Waals surface area contributed by atoms with Crippen molar-refractivity contribution in [3.05, 3.63) is 88.4 Å². The number of carbonyl (C=O) groups excluding carboxylic acids is 1. The van der Waals surface area contributed by atoms with Crippen molar-refractivity contribution in [2.45, 2.75) is 5.37 Å². The fourth-order valence-electron chi connectivity index (χ4n) is 3.44. The lowest BCUT2D eigenvalue weighted by atomic mass is 10.0. The maximum atomic E-state index is 13.2. The Hall–Kier alpha value is -2.24. The van der Waals surface area contributed by atoms with Crippen LogP contribution in [0.5, 0.6) is 5.75 Å². The van der Waals surface area contributed by atoms with E-state index in [2.05, 4.69) is 28.1 Å². The zero-order valence-electron chi connectivity index (χ0n) is 15.5. The Bertz CT molecular complexity index is 976. The molecule has 1 amide bonds. The molecule has 3 nitrogen and oxygen atoms in total. The Morgan fingerprint density at radius 1 is 1.04 bits per heavy atom. The van der Waals surface area contributed by atoms with Crippen LogP contribution in [0.3, 0.4) is 0 Å². The van der Waals surface area contributed by atoms with E-state index in [0.717, 1.165) is 39.2 Å². The first-order chi connectivity index (χ1) is 13.7. The van der Waals surface area contributed by atoms with Gasteiger partial charge in [0.05, 0.1) is 7.11 Å². The van der Waals surface area contributed by atoms with Crippen LogP contribution >= 0.6 is 27.7 Å². The summed E-state index contributed by atoms with van der Waals surface area (Å²) in [6.45, 7) is 0.726. The van der Waals surface area contributed by atoms with Crippen molar-refractivity contribution in [1.82, 2.24) is 4.90 Å². The lowest BCUT2D eigenvalue weighted by Crippen LogP contribution is -2.30. The maximum absolute atomic E-state index is 13.2. The van der Waals surface area contributed by atoms with Gasteiger partial charge in [0.2, 0.25) is 0 Å². The fraction of sp³-hybridized carbons (Fsp3) is 0.174. The van der Waals surface area contributed by atoms with Crippen LogP contribution in [-0.4, -0.2) is 30.2 Å². The Morgan fingerprint density at radius 3 is 2.46 bits per heavy atom. The average Bonchev–Trinajstić information content (AvgIpc) is 3.23. The van der Waals surface area contributed by atoms with Crippen molar-refractivity contribution in [3.63, 3.8) is 0 Å². The first-order valence-corrected chi connectivity index (χ1v) is 10.9. The molecule has 142 valence electrons. The molecule has 1 unspecified atom stereocenters. The van der Waals surface area contributed by atoms with E-state index >= 15 is 0 Å². The van der Waals surface area contributed by atoms with Gasteiger partial charge in [-0.15, -0.1) is 11.8 Å². The molecular weight excluding hydrogens is 434 g/mol. The van der Waals surface area contributed by atoms with E-state index in [4.69, 9.17) is 4.74 Å². The quantitative estimate of drug-likeness (QED) is 0.484. The normalized spacial score (nSPS) is 16.2. The van der Waals surface area contributed by atoms with Crippen LogP contribution in [0.2, 0.25) is 0 Å². The van der Waals surface area contributed by atoms with Crippen molar-refractivity contribution in [2.75, 3.05) is 19.4 Å². The standard InChI is InChI=1S/C23H20BrNO2S/c1-27-21-12-11-19(24)15-20(21)23-25(13-14-28-23)22(26)18-9-7-17(8-10-18)16-5-3-2-4-6-16/h2-12,15,23H,13-14H2,1H3. The van der Waals surface area contributed by atoms with Crippen LogP contribution < -0.4 is 4.74 Å². The highest BCUT2D eigenvalue weighted by Gasteiger charge is 2.33. The number of halogens is 1. The molecule has 0 spiro atoms. The molecule has 1 aliphatic heterocycles. The summed E-state index contributed by atoms with van der Waals surface area (Å²) in [6, 6.07) is 24.0. The molecule has 28 heavy (non-hydrogen) atoms. The molecule has 1 heterocycles. The van der Waals surface area contributed by atoms with Crippen LogP contribution in [0.1, 0.15) is 21.3 Å². The van der Waals surface area contributed by atoms with Crippen LogP contribution in [0, 0.1) is 0 Å². The molecule has 0 radical (unpaired) electrons. The Morgan fingerprint density at radius 2 is 1.75 bits per heavy atom. The number of benzene rings is 3. The molecule has 0 N–H and O–H groups in total. The molecule has 1 saturated heterocycles. The molecular formula is C23H20BrNO2S. The van der Waals surface area contributed by atoms with Gasteiger partial charge in [0.25, 0.3) is 5.91 Å². The third-order valence-electron chi connectivity index (χ3n) is 4.85. The molecule has 4 rings (SSSR count). The van der Waals surface area contributed by atoms with E-state index < -0.39 is 0 Å². The zero-order valence-corrected chi connectivity index (χ0v) is 17.9. The van der Waals surface area contributed by atoms with Crippen molar-refractivity contribution < 1.29 is 9.53 Å². The topological polar surface area (TPSA) is 29.5 Å². The average molecular weight is 454 g/mol. The fourth-order valence-corrected chi connectivity index (χ4v) is 5.08. The number of nitrogens with zero attached hydrogens (tertiary/aromatic N) is 1. The first kappa shape index (κ1) is 19.1. The Balaban J connectivity index is 1.60. The Kier molecular flexibility index (Phi) is 5.74. The third kappa shape index (κ3) is 3.82. The van der Waals surface area contributed by atoms with Gasteiger partial charge < -0.3 is 9.64 Å². The lowest BCUT2D eigenvalue weighted by molar-refractivity contribution is 0.0759. The second-order valence-corrected chi connectivity index (χ2v) is 8.66. The summed E-state index contributed by atoms with van der Waals surface area (Å²) in [5.41, 5.74) is 3.99. The minimum Gasteiger partial charge on any atom is -0.496 e. The molecule has 1 aliphatic rings. The molecule has 5 heteroatoms. The zero-order chi connectivity index (χ0) is 19.5. The smallest absolute Gasteiger partial charge is 0.255 e. The van der Waals surface area contributed by atoms with Gasteiger partial charge in [0, 0.05) is 27.9 Å². The monoisotopic (exact) mass is 453 g/mol. The highest BCUT2D eigenvalue weighted by Crippen LogP contribution is 2.43. The molecule has 0 aliphatic carbocycles. The summed E-state index contributed by atoms with van der Waals surface area (Å²) in [5.74, 6) is 1.77. The second kappa shape index (κ2) is 8.41. The summed E-state index contributed by atoms with van der Waals surface area (Å²) < 4.78 is 6.52. The van der Waals surface area contributed by atoms with E-state index in [1.54, 1.807) is 18.9 Å². The summed E-state index contributed by atoms with van der Waals surface area (Å²) in [4.78, 5) is 15.2. The highest BCUT2D eigenvalue weighted by atomic mass is 79.9. The van der Waals surface area contributed by atoms with E-state index in [1.165, 1.54) is 0 Å². The summed E-state index contributed by atoms with van der Waals surface area (Å²) in [7, 11) is 1.67. The number of rotatable bonds is 4. The molecule has 1 atom stereocenters. The Labute approximate surface area is 177 Å². The van der Waals surface area contributed by atoms with Gasteiger partial charge in [-0.3, -0.25) is 4.79 Å². The predicted octanol–water partition coefficient (Wildman–Crippen LogP) is 6.01.